The molecule has 0 aromatic carbocycles. The van der Waals surface area contributed by atoms with Crippen LogP contribution in [0.1, 0.15) is 32.1 Å². The summed E-state index contributed by atoms with van der Waals surface area (Å²) in [6, 6.07) is 0. The number of ether oxygens (including phenoxy) is 1. The largest absolute Gasteiger partial charge is 0.523 e. The van der Waals surface area contributed by atoms with E-state index in [1.807, 2.05) is 0 Å². The maximum Gasteiger partial charge on any atom is 0.523 e. The molecule has 1 spiro atoms. The monoisotopic (exact) mass is 328 g/mol. The summed E-state index contributed by atoms with van der Waals surface area (Å²) >= 11 is 0. The van der Waals surface area contributed by atoms with Gasteiger partial charge in [-0.25, -0.2) is 4.79 Å². The Hall–Kier alpha value is -1.09. The molecule has 2 unspecified atom stereocenters. The van der Waals surface area contributed by atoms with Crippen LogP contribution < -0.4 is 0 Å². The number of methoxy groups -OCH3 is 1. The molecule has 0 amide bonds. The highest BCUT2D eigenvalue weighted by Gasteiger charge is 2.55. The van der Waals surface area contributed by atoms with E-state index < -0.39 is 33.1 Å². The van der Waals surface area contributed by atoms with E-state index in [2.05, 4.69) is 8.92 Å². The van der Waals surface area contributed by atoms with Crippen molar-refractivity contribution in [2.24, 2.45) is 5.41 Å². The first kappa shape index (κ1) is 16.3. The molecule has 0 heterocycles. The van der Waals surface area contributed by atoms with Gasteiger partial charge in [0.2, 0.25) is 0 Å². The average molecular weight is 328 g/mol. The predicted molar refractivity (Wildman–Crippen MR) is 65.5 cm³/mol. The quantitative estimate of drug-likeness (QED) is 0.452. The summed E-state index contributed by atoms with van der Waals surface area (Å²) in [6.07, 6.45) is 2.53. The molecule has 0 radical (unpaired) electrons. The van der Waals surface area contributed by atoms with Gasteiger partial charge in [-0.1, -0.05) is 6.08 Å². The fourth-order valence-corrected chi connectivity index (χ4v) is 3.49. The Balaban J connectivity index is 2.07. The van der Waals surface area contributed by atoms with Crippen molar-refractivity contribution in [3.63, 3.8) is 0 Å². The van der Waals surface area contributed by atoms with Gasteiger partial charge in [0.05, 0.1) is 13.2 Å². The van der Waals surface area contributed by atoms with Gasteiger partial charge in [-0.05, 0) is 32.1 Å². The number of carbonyl (C=O) groups is 1. The maximum absolute atomic E-state index is 12.3. The summed E-state index contributed by atoms with van der Waals surface area (Å²) < 4.78 is 68.1. The van der Waals surface area contributed by atoms with Crippen molar-refractivity contribution in [2.45, 2.75) is 43.7 Å². The Morgan fingerprint density at radius 1 is 1.38 bits per heavy atom. The van der Waals surface area contributed by atoms with E-state index in [9.17, 15) is 26.4 Å². The lowest BCUT2D eigenvalue weighted by Gasteiger charge is -2.50. The minimum atomic E-state index is -5.58. The molecular weight excluding hydrogens is 313 g/mol. The Morgan fingerprint density at radius 3 is 2.43 bits per heavy atom. The summed E-state index contributed by atoms with van der Waals surface area (Å²) in [6.45, 7) is 0. The first-order valence-electron chi connectivity index (χ1n) is 6.38. The topological polar surface area (TPSA) is 69.7 Å². The Labute approximate surface area is 120 Å². The molecule has 5 nitrogen and oxygen atoms in total. The Kier molecular flexibility index (Phi) is 4.09. The summed E-state index contributed by atoms with van der Waals surface area (Å²) in [5, 5.41) is 0. The minimum Gasteiger partial charge on any atom is -0.466 e. The van der Waals surface area contributed by atoms with Crippen molar-refractivity contribution in [3.05, 3.63) is 11.6 Å². The van der Waals surface area contributed by atoms with Crippen LogP contribution in [0, 0.1) is 5.41 Å². The van der Waals surface area contributed by atoms with Gasteiger partial charge < -0.3 is 4.74 Å². The second kappa shape index (κ2) is 5.28. The zero-order chi connectivity index (χ0) is 15.9. The zero-order valence-electron chi connectivity index (χ0n) is 11.3. The van der Waals surface area contributed by atoms with Crippen LogP contribution in [-0.4, -0.2) is 33.1 Å². The third-order valence-electron chi connectivity index (χ3n) is 4.21. The van der Waals surface area contributed by atoms with E-state index in [1.165, 1.54) is 7.11 Å². The molecule has 0 bridgehead atoms. The van der Waals surface area contributed by atoms with Crippen molar-refractivity contribution in [1.82, 2.24) is 0 Å². The third-order valence-corrected chi connectivity index (χ3v) is 5.26. The number of allylic oxidation sites excluding steroid dienone is 1. The number of hydrogen-bond acceptors (Lipinski definition) is 5. The molecule has 1 saturated carbocycles. The Morgan fingerprint density at radius 2 is 2.05 bits per heavy atom. The average Bonchev–Trinajstić information content (AvgIpc) is 2.42. The molecular formula is C12H15F3O5S. The fourth-order valence-electron chi connectivity index (χ4n) is 2.78. The number of alkyl halides is 3. The Bertz CT molecular complexity index is 566. The molecule has 1 fully saturated rings. The van der Waals surface area contributed by atoms with Crippen LogP contribution >= 0.6 is 0 Å². The SMILES string of the molecule is COC(=O)C1=CCC2(CC1)CCC2OS(=O)(=O)C(F)(F)F. The first-order chi connectivity index (χ1) is 9.61. The van der Waals surface area contributed by atoms with E-state index in [0.717, 1.165) is 0 Å². The molecule has 2 atom stereocenters. The minimum absolute atomic E-state index is 0.261. The van der Waals surface area contributed by atoms with Crippen LogP contribution in [0.2, 0.25) is 0 Å². The van der Waals surface area contributed by atoms with Gasteiger partial charge in [0.25, 0.3) is 0 Å². The highest BCUT2D eigenvalue weighted by atomic mass is 32.2. The number of carbonyl (C=O) groups excluding carboxylic acids is 1. The van der Waals surface area contributed by atoms with Gasteiger partial charge in [-0.3, -0.25) is 4.18 Å². The molecule has 0 aromatic rings. The zero-order valence-corrected chi connectivity index (χ0v) is 12.1. The molecule has 21 heavy (non-hydrogen) atoms. The number of rotatable bonds is 3. The van der Waals surface area contributed by atoms with Gasteiger partial charge in [-0.2, -0.15) is 21.6 Å². The first-order valence-corrected chi connectivity index (χ1v) is 7.79. The molecule has 2 rings (SSSR count). The number of hydrogen-bond donors (Lipinski definition) is 0. The molecule has 0 aliphatic heterocycles. The highest BCUT2D eigenvalue weighted by Crippen LogP contribution is 2.53. The molecule has 0 N–H and O–H groups in total. The molecule has 0 aromatic heterocycles. The number of esters is 1. The summed E-state index contributed by atoms with van der Waals surface area (Å²) in [5.74, 6) is -0.468. The van der Waals surface area contributed by atoms with Crippen LogP contribution in [0.4, 0.5) is 13.2 Å². The van der Waals surface area contributed by atoms with Crippen molar-refractivity contribution < 1.29 is 35.3 Å². The van der Waals surface area contributed by atoms with Gasteiger partial charge in [0, 0.05) is 11.0 Å². The van der Waals surface area contributed by atoms with E-state index >= 15 is 0 Å². The molecule has 9 heteroatoms. The molecule has 2 aliphatic carbocycles. The number of halogens is 3. The van der Waals surface area contributed by atoms with Crippen molar-refractivity contribution >= 4 is 16.1 Å². The van der Waals surface area contributed by atoms with Crippen LogP contribution in [0.5, 0.6) is 0 Å². The lowest BCUT2D eigenvalue weighted by atomic mass is 9.59. The summed E-state index contributed by atoms with van der Waals surface area (Å²) in [7, 11) is -4.33. The van der Waals surface area contributed by atoms with Gasteiger partial charge in [-0.15, -0.1) is 0 Å². The lowest BCUT2D eigenvalue weighted by Crippen LogP contribution is -2.49. The van der Waals surface area contributed by atoms with Crippen molar-refractivity contribution in [1.29, 1.82) is 0 Å². The smallest absolute Gasteiger partial charge is 0.466 e. The van der Waals surface area contributed by atoms with E-state index in [-0.39, 0.29) is 6.42 Å². The van der Waals surface area contributed by atoms with Crippen molar-refractivity contribution in [3.8, 4) is 0 Å². The molecule has 2 aliphatic rings. The van der Waals surface area contributed by atoms with E-state index in [4.69, 9.17) is 0 Å². The second-order valence-corrected chi connectivity index (χ2v) is 6.87. The van der Waals surface area contributed by atoms with Crippen LogP contribution in [0.3, 0.4) is 0 Å². The highest BCUT2D eigenvalue weighted by molar-refractivity contribution is 7.87. The van der Waals surface area contributed by atoms with Crippen LogP contribution in [0.15, 0.2) is 11.6 Å². The fraction of sp³-hybridized carbons (Fsp3) is 0.750. The van der Waals surface area contributed by atoms with Crippen LogP contribution in [0.25, 0.3) is 0 Å². The van der Waals surface area contributed by atoms with Gasteiger partial charge in [0.1, 0.15) is 0 Å². The lowest BCUT2D eigenvalue weighted by molar-refractivity contribution is -0.137. The second-order valence-electron chi connectivity index (χ2n) is 5.31. The maximum atomic E-state index is 12.3. The van der Waals surface area contributed by atoms with Crippen molar-refractivity contribution in [2.75, 3.05) is 7.11 Å². The normalized spacial score (nSPS) is 29.7. The van der Waals surface area contributed by atoms with Crippen LogP contribution in [-0.2, 0) is 23.8 Å². The predicted octanol–water partition coefficient (Wildman–Crippen LogP) is 2.28. The third kappa shape index (κ3) is 2.94. The van der Waals surface area contributed by atoms with Gasteiger partial charge in [0.15, 0.2) is 0 Å². The molecule has 120 valence electrons. The standard InChI is InChI=1S/C12H15F3O5S/c1-19-10(16)8-2-5-11(6-3-8)7-4-9(11)20-21(17,18)12(13,14)15/h2,9H,3-7H2,1H3. The molecule has 0 saturated heterocycles. The van der Waals surface area contributed by atoms with E-state index in [0.29, 0.717) is 31.3 Å². The summed E-state index contributed by atoms with van der Waals surface area (Å²) in [4.78, 5) is 11.4. The summed E-state index contributed by atoms with van der Waals surface area (Å²) in [5.41, 5.74) is -5.58. The van der Waals surface area contributed by atoms with E-state index in [1.54, 1.807) is 6.08 Å². The van der Waals surface area contributed by atoms with Gasteiger partial charge >= 0.3 is 21.6 Å².